The Balaban J connectivity index is 1.93. The van der Waals surface area contributed by atoms with Crippen LogP contribution in [0, 0.1) is 0 Å². The largest absolute Gasteiger partial charge is 0.350 e. The van der Waals surface area contributed by atoms with Crippen LogP contribution in [0.25, 0.3) is 0 Å². The number of hydrogen-bond acceptors (Lipinski definition) is 2. The maximum Gasteiger partial charge on any atom is 0.223 e. The Morgan fingerprint density at radius 3 is 2.29 bits per heavy atom. The molecule has 2 amide bonds. The normalized spacial score (nSPS) is 11.6. The molecule has 0 fully saturated rings. The molecular formula is C19H21BrN2O2. The summed E-state index contributed by atoms with van der Waals surface area (Å²) >= 11 is 3.38. The van der Waals surface area contributed by atoms with E-state index in [0.717, 1.165) is 15.7 Å². The van der Waals surface area contributed by atoms with Crippen molar-refractivity contribution in [3.63, 3.8) is 0 Å². The van der Waals surface area contributed by atoms with E-state index in [9.17, 15) is 9.59 Å². The highest BCUT2D eigenvalue weighted by molar-refractivity contribution is 9.10. The van der Waals surface area contributed by atoms with Crippen molar-refractivity contribution in [2.24, 2.45) is 0 Å². The highest BCUT2D eigenvalue weighted by Gasteiger charge is 2.15. The predicted molar refractivity (Wildman–Crippen MR) is 99.8 cm³/mol. The van der Waals surface area contributed by atoms with Crippen LogP contribution < -0.4 is 10.2 Å². The lowest BCUT2D eigenvalue weighted by Crippen LogP contribution is -2.34. The molecule has 1 atom stereocenters. The topological polar surface area (TPSA) is 49.4 Å². The van der Waals surface area contributed by atoms with Crippen LogP contribution in [0.4, 0.5) is 5.69 Å². The summed E-state index contributed by atoms with van der Waals surface area (Å²) in [5.41, 5.74) is 1.84. The molecule has 1 unspecified atom stereocenters. The van der Waals surface area contributed by atoms with Crippen LogP contribution in [0.3, 0.4) is 0 Å². The summed E-state index contributed by atoms with van der Waals surface area (Å²) in [6.45, 7) is 3.81. The zero-order valence-corrected chi connectivity index (χ0v) is 15.4. The van der Waals surface area contributed by atoms with Crippen molar-refractivity contribution < 1.29 is 9.59 Å². The molecule has 0 saturated carbocycles. The third-order valence-corrected chi connectivity index (χ3v) is 4.29. The van der Waals surface area contributed by atoms with E-state index in [0.29, 0.717) is 6.54 Å². The number of anilines is 1. The van der Waals surface area contributed by atoms with Gasteiger partial charge in [0.1, 0.15) is 0 Å². The summed E-state index contributed by atoms with van der Waals surface area (Å²) in [6, 6.07) is 17.2. The van der Waals surface area contributed by atoms with Crippen molar-refractivity contribution in [2.45, 2.75) is 26.3 Å². The fourth-order valence-corrected chi connectivity index (χ4v) is 2.71. The Labute approximate surface area is 151 Å². The van der Waals surface area contributed by atoms with Gasteiger partial charge in [0.05, 0.1) is 6.04 Å². The predicted octanol–water partition coefficient (Wildman–Crippen LogP) is 4.07. The zero-order valence-electron chi connectivity index (χ0n) is 13.8. The number of rotatable bonds is 6. The summed E-state index contributed by atoms with van der Waals surface area (Å²) in [4.78, 5) is 25.7. The fraction of sp³-hybridized carbons (Fsp3) is 0.263. The average molecular weight is 389 g/mol. The van der Waals surface area contributed by atoms with E-state index in [1.54, 1.807) is 4.90 Å². The van der Waals surface area contributed by atoms with E-state index >= 15 is 0 Å². The van der Waals surface area contributed by atoms with E-state index < -0.39 is 0 Å². The number of halogens is 1. The molecule has 0 saturated heterocycles. The monoisotopic (exact) mass is 388 g/mol. The first kappa shape index (κ1) is 18.2. The zero-order chi connectivity index (χ0) is 17.5. The van der Waals surface area contributed by atoms with Crippen LogP contribution in [0.5, 0.6) is 0 Å². The third kappa shape index (κ3) is 5.20. The molecule has 4 nitrogen and oxygen atoms in total. The Morgan fingerprint density at radius 2 is 1.71 bits per heavy atom. The lowest BCUT2D eigenvalue weighted by molar-refractivity contribution is -0.121. The molecule has 24 heavy (non-hydrogen) atoms. The Hall–Kier alpha value is -2.14. The molecule has 0 spiro atoms. The highest BCUT2D eigenvalue weighted by atomic mass is 79.9. The molecular weight excluding hydrogens is 368 g/mol. The van der Waals surface area contributed by atoms with Gasteiger partial charge < -0.3 is 10.2 Å². The lowest BCUT2D eigenvalue weighted by atomic mass is 10.1. The quantitative estimate of drug-likeness (QED) is 0.810. The second-order valence-electron chi connectivity index (χ2n) is 5.60. The van der Waals surface area contributed by atoms with Gasteiger partial charge >= 0.3 is 0 Å². The van der Waals surface area contributed by atoms with Gasteiger partial charge in [0.2, 0.25) is 11.8 Å². The molecule has 0 bridgehead atoms. The van der Waals surface area contributed by atoms with Crippen molar-refractivity contribution in [2.75, 3.05) is 11.4 Å². The molecule has 0 radical (unpaired) electrons. The Kier molecular flexibility index (Phi) is 6.55. The van der Waals surface area contributed by atoms with Crippen LogP contribution in [0.1, 0.15) is 31.9 Å². The molecule has 0 aliphatic heterocycles. The molecule has 0 aromatic heterocycles. The van der Waals surface area contributed by atoms with Gasteiger partial charge in [-0.15, -0.1) is 0 Å². The van der Waals surface area contributed by atoms with Crippen LogP contribution in [0.2, 0.25) is 0 Å². The second kappa shape index (κ2) is 8.64. The number of amides is 2. The van der Waals surface area contributed by atoms with Crippen molar-refractivity contribution in [3.8, 4) is 0 Å². The van der Waals surface area contributed by atoms with Crippen molar-refractivity contribution in [3.05, 3.63) is 64.6 Å². The summed E-state index contributed by atoms with van der Waals surface area (Å²) < 4.78 is 0.948. The van der Waals surface area contributed by atoms with E-state index in [1.807, 2.05) is 61.5 Å². The second-order valence-corrected chi connectivity index (χ2v) is 6.51. The molecule has 1 N–H and O–H groups in total. The van der Waals surface area contributed by atoms with E-state index in [4.69, 9.17) is 0 Å². The van der Waals surface area contributed by atoms with Crippen molar-refractivity contribution in [1.82, 2.24) is 5.32 Å². The molecule has 126 valence electrons. The van der Waals surface area contributed by atoms with E-state index in [2.05, 4.69) is 21.2 Å². The van der Waals surface area contributed by atoms with Crippen LogP contribution >= 0.6 is 15.9 Å². The third-order valence-electron chi connectivity index (χ3n) is 3.76. The summed E-state index contributed by atoms with van der Waals surface area (Å²) in [5, 5.41) is 2.97. The van der Waals surface area contributed by atoms with Gasteiger partial charge in [0.15, 0.2) is 0 Å². The first-order chi connectivity index (χ1) is 11.5. The summed E-state index contributed by atoms with van der Waals surface area (Å²) in [7, 11) is 0. The highest BCUT2D eigenvalue weighted by Crippen LogP contribution is 2.19. The van der Waals surface area contributed by atoms with Gasteiger partial charge in [-0.25, -0.2) is 0 Å². The number of nitrogens with one attached hydrogen (secondary N) is 1. The minimum atomic E-state index is -0.0822. The molecule has 0 aliphatic rings. The number of benzene rings is 2. The first-order valence-corrected chi connectivity index (χ1v) is 8.64. The maximum atomic E-state index is 12.2. The van der Waals surface area contributed by atoms with Gasteiger partial charge in [-0.3, -0.25) is 9.59 Å². The minimum Gasteiger partial charge on any atom is -0.350 e. The molecule has 2 aromatic rings. The van der Waals surface area contributed by atoms with Crippen LogP contribution in [-0.2, 0) is 9.59 Å². The molecule has 2 aromatic carbocycles. The molecule has 2 rings (SSSR count). The number of carbonyl (C=O) groups is 2. The SMILES string of the molecule is CC(=O)N(CCC(=O)NC(C)c1ccccc1)c1ccc(Br)cc1. The maximum absolute atomic E-state index is 12.2. The molecule has 0 heterocycles. The number of hydrogen-bond donors (Lipinski definition) is 1. The first-order valence-electron chi connectivity index (χ1n) is 7.85. The van der Waals surface area contributed by atoms with Gasteiger partial charge in [-0.1, -0.05) is 46.3 Å². The number of nitrogens with zero attached hydrogens (tertiary/aromatic N) is 1. The summed E-state index contributed by atoms with van der Waals surface area (Å²) in [5.74, 6) is -0.157. The van der Waals surface area contributed by atoms with Crippen molar-refractivity contribution >= 4 is 33.4 Å². The minimum absolute atomic E-state index is 0.0582. The molecule has 0 aliphatic carbocycles. The smallest absolute Gasteiger partial charge is 0.223 e. The standard InChI is InChI=1S/C19H21BrN2O2/c1-14(16-6-4-3-5-7-16)21-19(24)12-13-22(15(2)23)18-10-8-17(20)9-11-18/h3-11,14H,12-13H2,1-2H3,(H,21,24). The van der Waals surface area contributed by atoms with Gasteiger partial charge in [0, 0.05) is 30.0 Å². The van der Waals surface area contributed by atoms with Crippen LogP contribution in [-0.4, -0.2) is 18.4 Å². The van der Waals surface area contributed by atoms with Gasteiger partial charge in [-0.05, 0) is 36.8 Å². The Morgan fingerprint density at radius 1 is 1.08 bits per heavy atom. The van der Waals surface area contributed by atoms with Gasteiger partial charge in [0.25, 0.3) is 0 Å². The lowest BCUT2D eigenvalue weighted by Gasteiger charge is -2.22. The van der Waals surface area contributed by atoms with E-state index in [1.165, 1.54) is 6.92 Å². The fourth-order valence-electron chi connectivity index (χ4n) is 2.44. The molecule has 5 heteroatoms. The number of carbonyl (C=O) groups excluding carboxylic acids is 2. The Bertz CT molecular complexity index is 686. The van der Waals surface area contributed by atoms with Crippen LogP contribution in [0.15, 0.2) is 59.1 Å². The van der Waals surface area contributed by atoms with Crippen molar-refractivity contribution in [1.29, 1.82) is 0 Å². The van der Waals surface area contributed by atoms with E-state index in [-0.39, 0.29) is 24.3 Å². The summed E-state index contributed by atoms with van der Waals surface area (Å²) in [6.07, 6.45) is 0.257. The average Bonchev–Trinajstić information content (AvgIpc) is 2.57. The van der Waals surface area contributed by atoms with Gasteiger partial charge in [-0.2, -0.15) is 0 Å².